The van der Waals surface area contributed by atoms with Crippen LogP contribution in [-0.2, 0) is 0 Å². The van der Waals surface area contributed by atoms with Crippen LogP contribution in [0.25, 0.3) is 6.08 Å². The monoisotopic (exact) mass is 238 g/mol. The van der Waals surface area contributed by atoms with Crippen molar-refractivity contribution in [2.24, 2.45) is 0 Å². The smallest absolute Gasteiger partial charge is 0.188 e. The average molecular weight is 238 g/mol. The Morgan fingerprint density at radius 1 is 1.00 bits per heavy atom. The van der Waals surface area contributed by atoms with Crippen LogP contribution in [0.2, 0.25) is 0 Å². The van der Waals surface area contributed by atoms with Gasteiger partial charge < -0.3 is 5.11 Å². The molecule has 2 aromatic rings. The van der Waals surface area contributed by atoms with Crippen molar-refractivity contribution in [3.05, 3.63) is 71.3 Å². The molecule has 2 heteroatoms. The van der Waals surface area contributed by atoms with Crippen molar-refractivity contribution in [3.8, 4) is 5.75 Å². The van der Waals surface area contributed by atoms with Gasteiger partial charge in [-0.1, -0.05) is 48.5 Å². The highest BCUT2D eigenvalue weighted by molar-refractivity contribution is 6.10. The van der Waals surface area contributed by atoms with Gasteiger partial charge in [-0.05, 0) is 24.6 Å². The van der Waals surface area contributed by atoms with E-state index in [0.717, 1.165) is 0 Å². The molecule has 0 spiro atoms. The molecule has 0 aliphatic carbocycles. The second-order valence-electron chi connectivity index (χ2n) is 4.08. The lowest BCUT2D eigenvalue weighted by Crippen LogP contribution is -1.99. The minimum absolute atomic E-state index is 0.0288. The lowest BCUT2D eigenvalue weighted by atomic mass is 10.0. The number of allylic oxidation sites excluding steroid dienone is 1. The summed E-state index contributed by atoms with van der Waals surface area (Å²) in [5.74, 6) is 0.150. The van der Waals surface area contributed by atoms with Crippen LogP contribution < -0.4 is 0 Å². The zero-order valence-electron chi connectivity index (χ0n) is 10.1. The zero-order valence-corrected chi connectivity index (χ0v) is 10.1. The fraction of sp³-hybridized carbons (Fsp3) is 0.0625. The van der Waals surface area contributed by atoms with Crippen molar-refractivity contribution in [2.75, 3.05) is 0 Å². The molecule has 0 fully saturated rings. The number of phenolic OH excluding ortho intramolecular Hbond substituents is 1. The van der Waals surface area contributed by atoms with Gasteiger partial charge in [0.15, 0.2) is 5.78 Å². The van der Waals surface area contributed by atoms with Gasteiger partial charge in [0, 0.05) is 11.1 Å². The third kappa shape index (κ3) is 2.66. The molecule has 0 aliphatic heterocycles. The normalized spacial score (nSPS) is 11.3. The summed E-state index contributed by atoms with van der Waals surface area (Å²) in [4.78, 5) is 12.1. The van der Waals surface area contributed by atoms with Crippen molar-refractivity contribution in [2.45, 2.75) is 6.92 Å². The van der Waals surface area contributed by atoms with Gasteiger partial charge in [0.2, 0.25) is 0 Å². The predicted octanol–water partition coefficient (Wildman–Crippen LogP) is 3.68. The number of aromatic hydroxyl groups is 1. The largest absolute Gasteiger partial charge is 0.507 e. The molecule has 0 bridgehead atoms. The van der Waals surface area contributed by atoms with Crippen LogP contribution in [0.4, 0.5) is 0 Å². The third-order valence-corrected chi connectivity index (χ3v) is 2.70. The number of Topliss-reactive ketones (excluding diaryl/α,β-unsaturated/α-hetero) is 1. The molecule has 0 aromatic heterocycles. The molecule has 2 nitrogen and oxygen atoms in total. The maximum atomic E-state index is 12.1. The van der Waals surface area contributed by atoms with Crippen LogP contribution in [0.15, 0.2) is 60.2 Å². The maximum Gasteiger partial charge on any atom is 0.188 e. The Bertz CT molecular complexity index is 583. The van der Waals surface area contributed by atoms with Gasteiger partial charge in [-0.15, -0.1) is 0 Å². The average Bonchev–Trinajstić information content (AvgIpc) is 2.41. The number of hydrogen-bond donors (Lipinski definition) is 1. The van der Waals surface area contributed by atoms with Crippen molar-refractivity contribution in [3.63, 3.8) is 0 Å². The van der Waals surface area contributed by atoms with Crippen LogP contribution in [0, 0.1) is 0 Å². The lowest BCUT2D eigenvalue weighted by Gasteiger charge is -2.02. The van der Waals surface area contributed by atoms with E-state index >= 15 is 0 Å². The first kappa shape index (κ1) is 12.1. The highest BCUT2D eigenvalue weighted by Crippen LogP contribution is 2.20. The molecular formula is C16H14O2. The van der Waals surface area contributed by atoms with Crippen LogP contribution in [-0.4, -0.2) is 10.9 Å². The van der Waals surface area contributed by atoms with Crippen LogP contribution in [0.5, 0.6) is 5.75 Å². The number of hydrogen-bond acceptors (Lipinski definition) is 2. The summed E-state index contributed by atoms with van der Waals surface area (Å²) in [6.45, 7) is 1.75. The molecule has 0 heterocycles. The topological polar surface area (TPSA) is 37.3 Å². The quantitative estimate of drug-likeness (QED) is 0.654. The third-order valence-electron chi connectivity index (χ3n) is 2.70. The molecule has 2 rings (SSSR count). The standard InChI is InChI=1S/C16H14O2/c1-12(11-14-9-5-6-10-15(14)17)16(18)13-7-3-2-4-8-13/h2-11,17H,1H3. The Kier molecular flexibility index (Phi) is 3.58. The summed E-state index contributed by atoms with van der Waals surface area (Å²) in [5.41, 5.74) is 1.91. The van der Waals surface area contributed by atoms with E-state index in [-0.39, 0.29) is 11.5 Å². The Hall–Kier alpha value is -2.35. The van der Waals surface area contributed by atoms with Gasteiger partial charge >= 0.3 is 0 Å². The second kappa shape index (κ2) is 5.32. The number of carbonyl (C=O) groups is 1. The maximum absolute atomic E-state index is 12.1. The predicted molar refractivity (Wildman–Crippen MR) is 72.5 cm³/mol. The van der Waals surface area contributed by atoms with E-state index in [1.54, 1.807) is 43.3 Å². The highest BCUT2D eigenvalue weighted by atomic mass is 16.3. The van der Waals surface area contributed by atoms with Crippen molar-refractivity contribution in [1.29, 1.82) is 0 Å². The lowest BCUT2D eigenvalue weighted by molar-refractivity contribution is 0.103. The van der Waals surface area contributed by atoms with Crippen LogP contribution >= 0.6 is 0 Å². The fourth-order valence-electron chi connectivity index (χ4n) is 1.73. The highest BCUT2D eigenvalue weighted by Gasteiger charge is 2.08. The molecule has 18 heavy (non-hydrogen) atoms. The minimum atomic E-state index is -0.0288. The second-order valence-corrected chi connectivity index (χ2v) is 4.08. The van der Waals surface area contributed by atoms with Gasteiger partial charge in [-0.25, -0.2) is 0 Å². The van der Waals surface area contributed by atoms with E-state index in [4.69, 9.17) is 0 Å². The fourth-order valence-corrected chi connectivity index (χ4v) is 1.73. The molecule has 0 unspecified atom stereocenters. The zero-order chi connectivity index (χ0) is 13.0. The Morgan fingerprint density at radius 2 is 1.61 bits per heavy atom. The molecule has 2 aromatic carbocycles. The number of ketones is 1. The van der Waals surface area contributed by atoms with Gasteiger partial charge in [-0.3, -0.25) is 4.79 Å². The van der Waals surface area contributed by atoms with Crippen molar-refractivity contribution >= 4 is 11.9 Å². The Morgan fingerprint density at radius 3 is 2.28 bits per heavy atom. The summed E-state index contributed by atoms with van der Waals surface area (Å²) >= 11 is 0. The molecule has 0 amide bonds. The number of phenols is 1. The van der Waals surface area contributed by atoms with Crippen molar-refractivity contribution in [1.82, 2.24) is 0 Å². The van der Waals surface area contributed by atoms with E-state index < -0.39 is 0 Å². The van der Waals surface area contributed by atoms with E-state index in [1.165, 1.54) is 0 Å². The number of carbonyl (C=O) groups excluding carboxylic acids is 1. The van der Waals surface area contributed by atoms with E-state index in [1.807, 2.05) is 24.3 Å². The van der Waals surface area contributed by atoms with Gasteiger partial charge in [0.05, 0.1) is 0 Å². The Labute approximate surface area is 106 Å². The first-order valence-corrected chi connectivity index (χ1v) is 5.74. The molecular weight excluding hydrogens is 224 g/mol. The van der Waals surface area contributed by atoms with Gasteiger partial charge in [0.1, 0.15) is 5.75 Å². The van der Waals surface area contributed by atoms with Gasteiger partial charge in [0.25, 0.3) is 0 Å². The minimum Gasteiger partial charge on any atom is -0.507 e. The first-order valence-electron chi connectivity index (χ1n) is 5.74. The van der Waals surface area contributed by atoms with E-state index in [0.29, 0.717) is 16.7 Å². The molecule has 90 valence electrons. The Balaban J connectivity index is 2.30. The number of para-hydroxylation sites is 1. The summed E-state index contributed by atoms with van der Waals surface area (Å²) < 4.78 is 0. The summed E-state index contributed by atoms with van der Waals surface area (Å²) in [6.07, 6.45) is 1.70. The number of benzene rings is 2. The summed E-state index contributed by atoms with van der Waals surface area (Å²) in [7, 11) is 0. The number of rotatable bonds is 3. The molecule has 1 N–H and O–H groups in total. The molecule has 0 radical (unpaired) electrons. The SMILES string of the molecule is CC(=Cc1ccccc1O)C(=O)c1ccccc1. The molecule has 0 saturated heterocycles. The summed E-state index contributed by atoms with van der Waals surface area (Å²) in [5, 5.41) is 9.66. The van der Waals surface area contributed by atoms with Crippen LogP contribution in [0.3, 0.4) is 0 Å². The molecule has 0 aliphatic rings. The molecule has 0 saturated carbocycles. The summed E-state index contributed by atoms with van der Waals surface area (Å²) in [6, 6.07) is 16.1. The van der Waals surface area contributed by atoms with Crippen molar-refractivity contribution < 1.29 is 9.90 Å². The van der Waals surface area contributed by atoms with E-state index in [2.05, 4.69) is 0 Å². The first-order chi connectivity index (χ1) is 8.68. The van der Waals surface area contributed by atoms with E-state index in [9.17, 15) is 9.90 Å². The molecule has 0 atom stereocenters. The van der Waals surface area contributed by atoms with Crippen LogP contribution in [0.1, 0.15) is 22.8 Å². The van der Waals surface area contributed by atoms with Gasteiger partial charge in [-0.2, -0.15) is 0 Å².